The molecule has 1 aromatic carbocycles. The highest BCUT2D eigenvalue weighted by Crippen LogP contribution is 2.31. The second kappa shape index (κ2) is 9.87. The number of nitrogens with zero attached hydrogens (tertiary/aromatic N) is 3. The Hall–Kier alpha value is -3.00. The van der Waals surface area contributed by atoms with E-state index in [2.05, 4.69) is 20.5 Å². The first-order valence-corrected chi connectivity index (χ1v) is 11.4. The van der Waals surface area contributed by atoms with Crippen molar-refractivity contribution in [2.45, 2.75) is 45.6 Å². The van der Waals surface area contributed by atoms with Gasteiger partial charge in [-0.15, -0.1) is 0 Å². The number of halogens is 3. The molecule has 0 saturated carbocycles. The number of piperidine rings is 1. The maximum atomic E-state index is 14.5. The third kappa shape index (κ3) is 5.16. The van der Waals surface area contributed by atoms with Gasteiger partial charge in [0.25, 0.3) is 5.91 Å². The van der Waals surface area contributed by atoms with Gasteiger partial charge < -0.3 is 10.2 Å². The number of nitrogens with one attached hydrogen (secondary N) is 2. The number of benzene rings is 1. The van der Waals surface area contributed by atoms with E-state index >= 15 is 0 Å². The first kappa shape index (κ1) is 23.2. The van der Waals surface area contributed by atoms with Gasteiger partial charge in [-0.25, -0.2) is 13.8 Å². The van der Waals surface area contributed by atoms with E-state index in [1.807, 2.05) is 19.9 Å². The maximum absolute atomic E-state index is 14.5. The molecular formula is C24H26ClF2N5O. The molecule has 0 spiro atoms. The topological polar surface area (TPSA) is 73.9 Å². The average molecular weight is 474 g/mol. The summed E-state index contributed by atoms with van der Waals surface area (Å²) in [4.78, 5) is 19.2. The Kier molecular flexibility index (Phi) is 6.93. The highest BCUT2D eigenvalue weighted by molar-refractivity contribution is 6.31. The fraction of sp³-hybridized carbons (Fsp3) is 0.375. The molecule has 1 saturated heterocycles. The van der Waals surface area contributed by atoms with Crippen molar-refractivity contribution < 1.29 is 13.6 Å². The van der Waals surface area contributed by atoms with Gasteiger partial charge in [-0.1, -0.05) is 24.6 Å². The first-order valence-electron chi connectivity index (χ1n) is 11.0. The van der Waals surface area contributed by atoms with E-state index in [1.165, 1.54) is 18.2 Å². The Balaban J connectivity index is 1.45. The molecule has 1 fully saturated rings. The number of hydrogen-bond donors (Lipinski definition) is 2. The van der Waals surface area contributed by atoms with Crippen LogP contribution in [0.3, 0.4) is 0 Å². The number of carbonyl (C=O) groups is 1. The van der Waals surface area contributed by atoms with Crippen LogP contribution in [0.15, 0.2) is 36.4 Å². The molecule has 6 nitrogen and oxygen atoms in total. The van der Waals surface area contributed by atoms with Crippen LogP contribution in [0.2, 0.25) is 5.02 Å². The zero-order valence-electron chi connectivity index (χ0n) is 18.5. The number of carbonyl (C=O) groups excluding carboxylic acids is 1. The zero-order valence-corrected chi connectivity index (χ0v) is 19.3. The Morgan fingerprint density at radius 2 is 2.09 bits per heavy atom. The van der Waals surface area contributed by atoms with Crippen LogP contribution in [-0.4, -0.2) is 38.6 Å². The lowest BCUT2D eigenvalue weighted by Crippen LogP contribution is -2.46. The standard InChI is InChI=1S/C24H26ClF2N5O/c1-3-16-12-15(9-10-32(16)24(33)17-5-4-6-18(25)23(17)27)13-20-19(26)7-8-21(28-20)29-22-11-14(2)30-31-22/h4-8,11,15-16H,3,9-10,12-13H2,1-2H3,(H2,28,29,30,31)/t15-,16-/m1/s1. The van der Waals surface area contributed by atoms with Crippen molar-refractivity contribution in [3.8, 4) is 0 Å². The second-order valence-corrected chi connectivity index (χ2v) is 8.85. The van der Waals surface area contributed by atoms with Gasteiger partial charge in [0.2, 0.25) is 0 Å². The second-order valence-electron chi connectivity index (χ2n) is 8.44. The predicted molar refractivity (Wildman–Crippen MR) is 124 cm³/mol. The lowest BCUT2D eigenvalue weighted by molar-refractivity contribution is 0.0536. The molecule has 0 unspecified atom stereocenters. The molecule has 9 heteroatoms. The number of pyridine rings is 1. The van der Waals surface area contributed by atoms with Crippen molar-refractivity contribution in [1.82, 2.24) is 20.1 Å². The third-order valence-electron chi connectivity index (χ3n) is 6.10. The molecule has 3 heterocycles. The number of aryl methyl sites for hydroxylation is 1. The zero-order chi connectivity index (χ0) is 23.5. The Morgan fingerprint density at radius 1 is 1.27 bits per heavy atom. The van der Waals surface area contributed by atoms with Gasteiger partial charge in [-0.3, -0.25) is 9.89 Å². The number of likely N-dealkylation sites (tertiary alicyclic amines) is 1. The number of anilines is 2. The molecule has 4 rings (SSSR count). The van der Waals surface area contributed by atoms with E-state index in [-0.39, 0.29) is 34.3 Å². The van der Waals surface area contributed by atoms with E-state index in [4.69, 9.17) is 11.6 Å². The lowest BCUT2D eigenvalue weighted by atomic mass is 9.85. The van der Waals surface area contributed by atoms with Crippen LogP contribution in [0.4, 0.5) is 20.4 Å². The third-order valence-corrected chi connectivity index (χ3v) is 6.39. The summed E-state index contributed by atoms with van der Waals surface area (Å²) in [6.07, 6.45) is 2.56. The summed E-state index contributed by atoms with van der Waals surface area (Å²) in [5.74, 6) is -0.106. The van der Waals surface area contributed by atoms with Gasteiger partial charge >= 0.3 is 0 Å². The molecule has 0 aliphatic carbocycles. The van der Waals surface area contributed by atoms with Crippen molar-refractivity contribution in [3.63, 3.8) is 0 Å². The summed E-state index contributed by atoms with van der Waals surface area (Å²) in [6.45, 7) is 4.36. The average Bonchev–Trinajstić information content (AvgIpc) is 3.21. The van der Waals surface area contributed by atoms with Crippen molar-refractivity contribution in [2.24, 2.45) is 5.92 Å². The fourth-order valence-corrected chi connectivity index (χ4v) is 4.56. The van der Waals surface area contributed by atoms with Gasteiger partial charge in [0.1, 0.15) is 11.6 Å². The highest BCUT2D eigenvalue weighted by atomic mass is 35.5. The molecule has 1 amide bonds. The van der Waals surface area contributed by atoms with Gasteiger partial charge in [0.05, 0.1) is 16.3 Å². The van der Waals surface area contributed by atoms with Crippen molar-refractivity contribution in [3.05, 3.63) is 70.0 Å². The SMILES string of the molecule is CC[C@@H]1C[C@H](Cc2nc(Nc3cc(C)[nH]n3)ccc2F)CCN1C(=O)c1cccc(Cl)c1F. The predicted octanol–water partition coefficient (Wildman–Crippen LogP) is 5.66. The summed E-state index contributed by atoms with van der Waals surface area (Å²) in [7, 11) is 0. The molecule has 2 atom stereocenters. The minimum Gasteiger partial charge on any atom is -0.336 e. The van der Waals surface area contributed by atoms with Gasteiger partial charge in [-0.05, 0) is 62.8 Å². The lowest BCUT2D eigenvalue weighted by Gasteiger charge is -2.39. The van der Waals surface area contributed by atoms with Gasteiger partial charge in [0, 0.05) is 24.3 Å². The van der Waals surface area contributed by atoms with Crippen LogP contribution < -0.4 is 5.32 Å². The monoisotopic (exact) mass is 473 g/mol. The molecule has 1 aliphatic rings. The van der Waals surface area contributed by atoms with E-state index in [0.29, 0.717) is 43.1 Å². The number of hydrogen-bond acceptors (Lipinski definition) is 4. The molecular weight excluding hydrogens is 448 g/mol. The van der Waals surface area contributed by atoms with Crippen LogP contribution in [0, 0.1) is 24.5 Å². The molecule has 2 aromatic heterocycles. The summed E-state index contributed by atoms with van der Waals surface area (Å²) >= 11 is 5.86. The highest BCUT2D eigenvalue weighted by Gasteiger charge is 2.33. The normalized spacial score (nSPS) is 18.4. The largest absolute Gasteiger partial charge is 0.336 e. The first-order chi connectivity index (χ1) is 15.9. The number of aromatic amines is 1. The van der Waals surface area contributed by atoms with Gasteiger partial charge in [-0.2, -0.15) is 5.10 Å². The van der Waals surface area contributed by atoms with Crippen LogP contribution >= 0.6 is 11.6 Å². The number of H-pyrrole nitrogens is 1. The summed E-state index contributed by atoms with van der Waals surface area (Å²) in [5, 5.41) is 9.98. The van der Waals surface area contributed by atoms with Crippen LogP contribution in [0.25, 0.3) is 0 Å². The maximum Gasteiger partial charge on any atom is 0.257 e. The molecule has 2 N–H and O–H groups in total. The fourth-order valence-electron chi connectivity index (χ4n) is 4.38. The van der Waals surface area contributed by atoms with E-state index in [1.54, 1.807) is 17.0 Å². The summed E-state index contributed by atoms with van der Waals surface area (Å²) in [5.41, 5.74) is 1.27. The van der Waals surface area contributed by atoms with Crippen LogP contribution in [-0.2, 0) is 6.42 Å². The summed E-state index contributed by atoms with van der Waals surface area (Å²) in [6, 6.07) is 9.22. The molecule has 1 aliphatic heterocycles. The molecule has 3 aromatic rings. The smallest absolute Gasteiger partial charge is 0.257 e. The Morgan fingerprint density at radius 3 is 2.82 bits per heavy atom. The molecule has 33 heavy (non-hydrogen) atoms. The number of amides is 1. The minimum absolute atomic E-state index is 0.0144. The molecule has 0 bridgehead atoms. The van der Waals surface area contributed by atoms with Crippen LogP contribution in [0.1, 0.15) is 47.9 Å². The van der Waals surface area contributed by atoms with Crippen molar-refractivity contribution in [2.75, 3.05) is 11.9 Å². The van der Waals surface area contributed by atoms with Crippen LogP contribution in [0.5, 0.6) is 0 Å². The van der Waals surface area contributed by atoms with E-state index < -0.39 is 5.82 Å². The summed E-state index contributed by atoms with van der Waals surface area (Å²) < 4.78 is 28.9. The number of aromatic nitrogens is 3. The molecule has 0 radical (unpaired) electrons. The Bertz CT molecular complexity index is 1150. The Labute approximate surface area is 196 Å². The quantitative estimate of drug-likeness (QED) is 0.484. The van der Waals surface area contributed by atoms with Gasteiger partial charge in [0.15, 0.2) is 11.6 Å². The molecule has 174 valence electrons. The van der Waals surface area contributed by atoms with E-state index in [0.717, 1.165) is 12.1 Å². The minimum atomic E-state index is -0.691. The van der Waals surface area contributed by atoms with E-state index in [9.17, 15) is 13.6 Å². The number of rotatable bonds is 6. The van der Waals surface area contributed by atoms with Crippen molar-refractivity contribution >= 4 is 29.1 Å². The van der Waals surface area contributed by atoms with Crippen molar-refractivity contribution in [1.29, 1.82) is 0 Å².